The summed E-state index contributed by atoms with van der Waals surface area (Å²) in [6, 6.07) is 8.84. The van der Waals surface area contributed by atoms with E-state index in [9.17, 15) is 9.90 Å². The Morgan fingerprint density at radius 3 is 2.73 bits per heavy atom. The molecule has 1 aromatic heterocycles. The fraction of sp³-hybridized carbons (Fsp3) is 0.652. The van der Waals surface area contributed by atoms with Gasteiger partial charge >= 0.3 is 0 Å². The van der Waals surface area contributed by atoms with Crippen molar-refractivity contribution in [3.63, 3.8) is 0 Å². The predicted molar refractivity (Wildman–Crippen MR) is 115 cm³/mol. The SMILES string of the molecule is O=C(NC1CCC(CC2(O)CCOCC2)NC1)c1nn(C2CCC2)c2ccccc12. The van der Waals surface area contributed by atoms with Crippen molar-refractivity contribution in [1.82, 2.24) is 20.4 Å². The first-order valence-electron chi connectivity index (χ1n) is 11.4. The van der Waals surface area contributed by atoms with Crippen LogP contribution in [0.25, 0.3) is 10.9 Å². The van der Waals surface area contributed by atoms with Crippen LogP contribution in [0.1, 0.15) is 67.9 Å². The highest BCUT2D eigenvalue weighted by Gasteiger charge is 2.34. The second kappa shape index (κ2) is 8.29. The molecule has 2 saturated heterocycles. The van der Waals surface area contributed by atoms with Gasteiger partial charge in [0.25, 0.3) is 5.91 Å². The van der Waals surface area contributed by atoms with Crippen LogP contribution in [-0.4, -0.2) is 58.2 Å². The Labute approximate surface area is 177 Å². The van der Waals surface area contributed by atoms with Crippen LogP contribution in [0.15, 0.2) is 24.3 Å². The number of rotatable bonds is 5. The Kier molecular flexibility index (Phi) is 5.52. The van der Waals surface area contributed by atoms with Crippen molar-refractivity contribution < 1.29 is 14.6 Å². The summed E-state index contributed by atoms with van der Waals surface area (Å²) in [5.74, 6) is -0.0856. The van der Waals surface area contributed by atoms with Crippen molar-refractivity contribution >= 4 is 16.8 Å². The van der Waals surface area contributed by atoms with E-state index in [2.05, 4.69) is 21.4 Å². The van der Waals surface area contributed by atoms with E-state index in [4.69, 9.17) is 9.84 Å². The van der Waals surface area contributed by atoms with Gasteiger partial charge in [-0.2, -0.15) is 5.10 Å². The van der Waals surface area contributed by atoms with Crippen molar-refractivity contribution in [3.05, 3.63) is 30.0 Å². The van der Waals surface area contributed by atoms with Crippen LogP contribution in [0.2, 0.25) is 0 Å². The largest absolute Gasteiger partial charge is 0.390 e. The third-order valence-electron chi connectivity index (χ3n) is 7.15. The predicted octanol–water partition coefficient (Wildman–Crippen LogP) is 2.54. The molecule has 0 spiro atoms. The third-order valence-corrected chi connectivity index (χ3v) is 7.15. The number of carbonyl (C=O) groups excluding carboxylic acids is 1. The van der Waals surface area contributed by atoms with Crippen molar-refractivity contribution in [2.75, 3.05) is 19.8 Å². The molecule has 1 amide bonds. The Morgan fingerprint density at radius 1 is 1.23 bits per heavy atom. The first kappa shape index (κ1) is 20.0. The normalized spacial score (nSPS) is 27.0. The molecule has 0 radical (unpaired) electrons. The van der Waals surface area contributed by atoms with Gasteiger partial charge in [-0.3, -0.25) is 9.48 Å². The fourth-order valence-corrected chi connectivity index (χ4v) is 5.05. The molecule has 162 valence electrons. The zero-order valence-corrected chi connectivity index (χ0v) is 17.5. The Bertz CT molecular complexity index is 893. The number of fused-ring (bicyclic) bond motifs is 1. The molecule has 1 aromatic carbocycles. The van der Waals surface area contributed by atoms with Crippen LogP contribution in [-0.2, 0) is 4.74 Å². The standard InChI is InChI=1S/C23H32N4O3/c28-22(21-19-6-1-2-7-20(19)27(26-21)18-4-3-5-18)25-17-9-8-16(24-15-17)14-23(29)10-12-30-13-11-23/h1-2,6-7,16-18,24,29H,3-5,8-15H2,(H,25,28). The van der Waals surface area contributed by atoms with E-state index in [1.54, 1.807) is 0 Å². The molecule has 3 heterocycles. The Balaban J connectivity index is 1.21. The van der Waals surface area contributed by atoms with Gasteiger partial charge in [-0.05, 0) is 57.4 Å². The first-order valence-corrected chi connectivity index (χ1v) is 11.4. The van der Waals surface area contributed by atoms with Crippen LogP contribution in [0.4, 0.5) is 0 Å². The number of hydrogen-bond acceptors (Lipinski definition) is 5. The molecule has 2 aliphatic heterocycles. The molecule has 5 rings (SSSR count). The van der Waals surface area contributed by atoms with E-state index in [0.717, 1.165) is 49.6 Å². The average molecular weight is 413 g/mol. The third kappa shape index (κ3) is 3.98. The molecule has 1 aliphatic carbocycles. The van der Waals surface area contributed by atoms with Crippen LogP contribution < -0.4 is 10.6 Å². The number of para-hydroxylation sites is 1. The van der Waals surface area contributed by atoms with Gasteiger partial charge in [-0.15, -0.1) is 0 Å². The highest BCUT2D eigenvalue weighted by molar-refractivity contribution is 6.05. The molecule has 2 atom stereocenters. The monoisotopic (exact) mass is 412 g/mol. The summed E-state index contributed by atoms with van der Waals surface area (Å²) < 4.78 is 7.43. The zero-order chi connectivity index (χ0) is 20.6. The van der Waals surface area contributed by atoms with Gasteiger partial charge in [-0.25, -0.2) is 0 Å². The summed E-state index contributed by atoms with van der Waals surface area (Å²) in [6.07, 6.45) is 7.55. The number of carbonyl (C=O) groups is 1. The molecule has 1 saturated carbocycles. The van der Waals surface area contributed by atoms with E-state index >= 15 is 0 Å². The summed E-state index contributed by atoms with van der Waals surface area (Å²) in [4.78, 5) is 13.0. The number of nitrogens with one attached hydrogen (secondary N) is 2. The number of piperidine rings is 1. The molecular weight excluding hydrogens is 380 g/mol. The minimum atomic E-state index is -0.612. The summed E-state index contributed by atoms with van der Waals surface area (Å²) in [5, 5.41) is 23.1. The lowest BCUT2D eigenvalue weighted by atomic mass is 9.84. The van der Waals surface area contributed by atoms with Crippen molar-refractivity contribution in [2.45, 2.75) is 75.1 Å². The van der Waals surface area contributed by atoms with E-state index in [1.165, 1.54) is 6.42 Å². The number of aromatic nitrogens is 2. The fourth-order valence-electron chi connectivity index (χ4n) is 5.05. The number of amides is 1. The molecular formula is C23H32N4O3. The molecule has 30 heavy (non-hydrogen) atoms. The van der Waals surface area contributed by atoms with Gasteiger partial charge in [0.15, 0.2) is 5.69 Å². The number of nitrogens with zero attached hydrogens (tertiary/aromatic N) is 2. The highest BCUT2D eigenvalue weighted by Crippen LogP contribution is 2.34. The number of hydrogen-bond donors (Lipinski definition) is 3. The van der Waals surface area contributed by atoms with E-state index in [0.29, 0.717) is 43.8 Å². The molecule has 7 nitrogen and oxygen atoms in total. The van der Waals surface area contributed by atoms with Gasteiger partial charge in [0.2, 0.25) is 0 Å². The molecule has 7 heteroatoms. The first-order chi connectivity index (χ1) is 14.6. The average Bonchev–Trinajstić information content (AvgIpc) is 3.08. The number of benzene rings is 1. The minimum Gasteiger partial charge on any atom is -0.390 e. The maximum Gasteiger partial charge on any atom is 0.272 e. The van der Waals surface area contributed by atoms with Crippen LogP contribution >= 0.6 is 0 Å². The molecule has 3 N–H and O–H groups in total. The van der Waals surface area contributed by atoms with Crippen LogP contribution in [0.3, 0.4) is 0 Å². The lowest BCUT2D eigenvalue weighted by Crippen LogP contribution is -2.52. The lowest BCUT2D eigenvalue weighted by molar-refractivity contribution is -0.0742. The van der Waals surface area contributed by atoms with E-state index in [1.807, 2.05) is 18.2 Å². The molecule has 3 aliphatic rings. The molecule has 3 fully saturated rings. The number of ether oxygens (including phenoxy) is 1. The number of aliphatic hydroxyl groups is 1. The minimum absolute atomic E-state index is 0.0856. The summed E-state index contributed by atoms with van der Waals surface area (Å²) >= 11 is 0. The van der Waals surface area contributed by atoms with Crippen LogP contribution in [0, 0.1) is 0 Å². The summed E-state index contributed by atoms with van der Waals surface area (Å²) in [7, 11) is 0. The quantitative estimate of drug-likeness (QED) is 0.702. The Morgan fingerprint density at radius 2 is 2.03 bits per heavy atom. The maximum absolute atomic E-state index is 13.0. The van der Waals surface area contributed by atoms with Gasteiger partial charge in [0.1, 0.15) is 0 Å². The maximum atomic E-state index is 13.0. The Hall–Kier alpha value is -1.96. The van der Waals surface area contributed by atoms with Gasteiger partial charge in [0, 0.05) is 37.2 Å². The van der Waals surface area contributed by atoms with Crippen molar-refractivity contribution in [1.29, 1.82) is 0 Å². The topological polar surface area (TPSA) is 88.4 Å². The second-order valence-corrected chi connectivity index (χ2v) is 9.29. The van der Waals surface area contributed by atoms with E-state index < -0.39 is 5.60 Å². The van der Waals surface area contributed by atoms with Crippen LogP contribution in [0.5, 0.6) is 0 Å². The summed E-state index contributed by atoms with van der Waals surface area (Å²) in [6.45, 7) is 2.01. The molecule has 2 aromatic rings. The smallest absolute Gasteiger partial charge is 0.272 e. The van der Waals surface area contributed by atoms with Gasteiger partial charge in [0.05, 0.1) is 17.2 Å². The zero-order valence-electron chi connectivity index (χ0n) is 17.5. The highest BCUT2D eigenvalue weighted by atomic mass is 16.5. The lowest BCUT2D eigenvalue weighted by Gasteiger charge is -2.38. The van der Waals surface area contributed by atoms with Gasteiger partial charge < -0.3 is 20.5 Å². The van der Waals surface area contributed by atoms with Crippen molar-refractivity contribution in [2.24, 2.45) is 0 Å². The summed E-state index contributed by atoms with van der Waals surface area (Å²) in [5.41, 5.74) is 0.981. The van der Waals surface area contributed by atoms with E-state index in [-0.39, 0.29) is 11.9 Å². The second-order valence-electron chi connectivity index (χ2n) is 9.29. The molecule has 2 unspecified atom stereocenters. The van der Waals surface area contributed by atoms with Gasteiger partial charge in [-0.1, -0.05) is 18.2 Å². The van der Waals surface area contributed by atoms with Crippen molar-refractivity contribution in [3.8, 4) is 0 Å². The molecule has 0 bridgehead atoms.